The van der Waals surface area contributed by atoms with E-state index in [9.17, 15) is 4.79 Å². The molecule has 0 spiro atoms. The van der Waals surface area contributed by atoms with E-state index in [-0.39, 0.29) is 5.91 Å². The van der Waals surface area contributed by atoms with Crippen molar-refractivity contribution in [1.29, 1.82) is 0 Å². The molecule has 0 atom stereocenters. The van der Waals surface area contributed by atoms with Gasteiger partial charge in [0.2, 0.25) is 0 Å². The minimum Gasteiger partial charge on any atom is -0.399 e. The lowest BCUT2D eigenvalue weighted by atomic mass is 10.1. The third-order valence-corrected chi connectivity index (χ3v) is 3.15. The number of nitrogen functional groups attached to an aromatic ring is 1. The number of aryl methyl sites for hydroxylation is 1. The zero-order valence-corrected chi connectivity index (χ0v) is 12.5. The quantitative estimate of drug-likeness (QED) is 0.581. The smallest absolute Gasteiger partial charge is 0.253 e. The van der Waals surface area contributed by atoms with Crippen LogP contribution in [0, 0.1) is 6.92 Å². The van der Waals surface area contributed by atoms with Crippen molar-refractivity contribution in [2.45, 2.75) is 13.3 Å². The van der Waals surface area contributed by atoms with Crippen LogP contribution in [-0.2, 0) is 9.47 Å². The third-order valence-electron chi connectivity index (χ3n) is 3.15. The largest absolute Gasteiger partial charge is 0.399 e. The molecule has 112 valence electrons. The lowest BCUT2D eigenvalue weighted by Crippen LogP contribution is -2.35. The first-order chi connectivity index (χ1) is 9.60. The highest BCUT2D eigenvalue weighted by molar-refractivity contribution is 5.94. The Morgan fingerprint density at radius 1 is 1.20 bits per heavy atom. The maximum Gasteiger partial charge on any atom is 0.253 e. The summed E-state index contributed by atoms with van der Waals surface area (Å²) in [5.41, 5.74) is 8.05. The summed E-state index contributed by atoms with van der Waals surface area (Å²) in [7, 11) is 3.29. The van der Waals surface area contributed by atoms with Gasteiger partial charge in [-0.15, -0.1) is 0 Å². The van der Waals surface area contributed by atoms with Gasteiger partial charge in [-0.25, -0.2) is 0 Å². The number of nitrogens with zero attached hydrogens (tertiary/aromatic N) is 1. The highest BCUT2D eigenvalue weighted by atomic mass is 16.5. The molecule has 0 saturated heterocycles. The van der Waals surface area contributed by atoms with E-state index in [1.54, 1.807) is 31.3 Å². The Bertz CT molecular complexity index is 435. The molecule has 0 unspecified atom stereocenters. The minimum atomic E-state index is 0.00116. The second-order valence-electron chi connectivity index (χ2n) is 4.70. The van der Waals surface area contributed by atoms with E-state index < -0.39 is 0 Å². The highest BCUT2D eigenvalue weighted by Crippen LogP contribution is 2.14. The van der Waals surface area contributed by atoms with Crippen molar-refractivity contribution in [3.05, 3.63) is 29.3 Å². The predicted octanol–water partition coefficient (Wildman–Crippen LogP) is 1.70. The van der Waals surface area contributed by atoms with E-state index in [1.807, 2.05) is 13.0 Å². The van der Waals surface area contributed by atoms with E-state index in [1.165, 1.54) is 0 Å². The molecule has 0 bridgehead atoms. The number of rotatable bonds is 8. The van der Waals surface area contributed by atoms with Gasteiger partial charge in [0.25, 0.3) is 5.91 Å². The fraction of sp³-hybridized carbons (Fsp3) is 0.533. The average molecular weight is 280 g/mol. The van der Waals surface area contributed by atoms with Gasteiger partial charge < -0.3 is 20.1 Å². The van der Waals surface area contributed by atoms with Gasteiger partial charge >= 0.3 is 0 Å². The van der Waals surface area contributed by atoms with E-state index in [0.717, 1.165) is 12.0 Å². The van der Waals surface area contributed by atoms with Crippen LogP contribution in [0.25, 0.3) is 0 Å². The Morgan fingerprint density at radius 3 is 2.50 bits per heavy atom. The number of amides is 1. The van der Waals surface area contributed by atoms with Crippen LogP contribution in [0.2, 0.25) is 0 Å². The summed E-state index contributed by atoms with van der Waals surface area (Å²) in [5.74, 6) is 0.00116. The number of carbonyl (C=O) groups excluding carboxylic acids is 1. The van der Waals surface area contributed by atoms with Gasteiger partial charge in [0.15, 0.2) is 0 Å². The molecular formula is C15H24N2O3. The first-order valence-electron chi connectivity index (χ1n) is 6.73. The van der Waals surface area contributed by atoms with Gasteiger partial charge in [0.1, 0.15) is 0 Å². The molecule has 20 heavy (non-hydrogen) atoms. The molecule has 1 aromatic carbocycles. The van der Waals surface area contributed by atoms with Crippen LogP contribution in [0.1, 0.15) is 22.3 Å². The maximum absolute atomic E-state index is 12.5. The average Bonchev–Trinajstić information content (AvgIpc) is 2.45. The van der Waals surface area contributed by atoms with Gasteiger partial charge in [0.05, 0.1) is 6.61 Å². The SMILES string of the molecule is COCCCN(CCOC)C(=O)c1ccc(N)c(C)c1. The zero-order chi connectivity index (χ0) is 15.0. The van der Waals surface area contributed by atoms with Gasteiger partial charge in [-0.05, 0) is 37.1 Å². The Balaban J connectivity index is 2.76. The number of anilines is 1. The van der Waals surface area contributed by atoms with E-state index >= 15 is 0 Å². The van der Waals surface area contributed by atoms with Crippen molar-refractivity contribution < 1.29 is 14.3 Å². The van der Waals surface area contributed by atoms with Gasteiger partial charge in [-0.3, -0.25) is 4.79 Å². The molecule has 1 rings (SSSR count). The fourth-order valence-electron chi connectivity index (χ4n) is 1.91. The van der Waals surface area contributed by atoms with Crippen molar-refractivity contribution in [3.63, 3.8) is 0 Å². The van der Waals surface area contributed by atoms with Crippen LogP contribution in [-0.4, -0.2) is 51.3 Å². The molecule has 0 heterocycles. The third kappa shape index (κ3) is 4.83. The van der Waals surface area contributed by atoms with Crippen molar-refractivity contribution in [2.75, 3.05) is 46.3 Å². The van der Waals surface area contributed by atoms with Gasteiger partial charge in [-0.2, -0.15) is 0 Å². The summed E-state index contributed by atoms with van der Waals surface area (Å²) in [6.07, 6.45) is 0.805. The molecule has 5 nitrogen and oxygen atoms in total. The predicted molar refractivity (Wildman–Crippen MR) is 79.9 cm³/mol. The normalized spacial score (nSPS) is 10.6. The summed E-state index contributed by atoms with van der Waals surface area (Å²) >= 11 is 0. The Labute approximate surface area is 120 Å². The molecule has 0 radical (unpaired) electrons. The number of nitrogens with two attached hydrogens (primary N) is 1. The van der Waals surface area contributed by atoms with Gasteiger partial charge in [0, 0.05) is 45.2 Å². The van der Waals surface area contributed by atoms with Crippen LogP contribution >= 0.6 is 0 Å². The summed E-state index contributed by atoms with van der Waals surface area (Å²) in [5, 5.41) is 0. The van der Waals surface area contributed by atoms with Crippen LogP contribution in [0.3, 0.4) is 0 Å². The standard InChI is InChI=1S/C15H24N2O3/c1-12-11-13(5-6-14(12)16)15(18)17(8-10-20-3)7-4-9-19-2/h5-6,11H,4,7-10,16H2,1-3H3. The van der Waals surface area contributed by atoms with Crippen molar-refractivity contribution in [3.8, 4) is 0 Å². The molecule has 1 aromatic rings. The van der Waals surface area contributed by atoms with Crippen molar-refractivity contribution in [1.82, 2.24) is 4.90 Å². The van der Waals surface area contributed by atoms with Crippen LogP contribution in [0.4, 0.5) is 5.69 Å². The first kappa shape index (κ1) is 16.5. The molecule has 0 aliphatic carbocycles. The number of hydrogen-bond donors (Lipinski definition) is 1. The Morgan fingerprint density at radius 2 is 1.90 bits per heavy atom. The van der Waals surface area contributed by atoms with Crippen LogP contribution < -0.4 is 5.73 Å². The summed E-state index contributed by atoms with van der Waals surface area (Å²) < 4.78 is 10.1. The number of ether oxygens (including phenoxy) is 2. The fourth-order valence-corrected chi connectivity index (χ4v) is 1.91. The van der Waals surface area contributed by atoms with E-state index in [2.05, 4.69) is 0 Å². The van der Waals surface area contributed by atoms with Gasteiger partial charge in [-0.1, -0.05) is 0 Å². The summed E-state index contributed by atoms with van der Waals surface area (Å²) in [6.45, 7) is 4.28. The highest BCUT2D eigenvalue weighted by Gasteiger charge is 2.15. The lowest BCUT2D eigenvalue weighted by molar-refractivity contribution is 0.0674. The summed E-state index contributed by atoms with van der Waals surface area (Å²) in [6, 6.07) is 5.36. The molecule has 5 heteroatoms. The second-order valence-corrected chi connectivity index (χ2v) is 4.70. The molecule has 0 aliphatic heterocycles. The van der Waals surface area contributed by atoms with Crippen LogP contribution in [0.15, 0.2) is 18.2 Å². The van der Waals surface area contributed by atoms with Crippen molar-refractivity contribution >= 4 is 11.6 Å². The molecule has 0 fully saturated rings. The monoisotopic (exact) mass is 280 g/mol. The van der Waals surface area contributed by atoms with Crippen LogP contribution in [0.5, 0.6) is 0 Å². The number of benzene rings is 1. The molecule has 0 aliphatic rings. The molecule has 2 N–H and O–H groups in total. The minimum absolute atomic E-state index is 0.00116. The van der Waals surface area contributed by atoms with E-state index in [0.29, 0.717) is 37.6 Å². The lowest BCUT2D eigenvalue weighted by Gasteiger charge is -2.22. The van der Waals surface area contributed by atoms with Crippen molar-refractivity contribution in [2.24, 2.45) is 0 Å². The topological polar surface area (TPSA) is 64.8 Å². The maximum atomic E-state index is 12.5. The first-order valence-corrected chi connectivity index (χ1v) is 6.73. The Kier molecular flexibility index (Phi) is 7.04. The molecule has 0 saturated carbocycles. The molecule has 1 amide bonds. The molecular weight excluding hydrogens is 256 g/mol. The summed E-state index contributed by atoms with van der Waals surface area (Å²) in [4.78, 5) is 14.3. The second kappa shape index (κ2) is 8.55. The number of carbonyl (C=O) groups is 1. The molecule has 0 aromatic heterocycles. The number of hydrogen-bond acceptors (Lipinski definition) is 4. The Hall–Kier alpha value is -1.59. The van der Waals surface area contributed by atoms with E-state index in [4.69, 9.17) is 15.2 Å². The zero-order valence-electron chi connectivity index (χ0n) is 12.5. The number of methoxy groups -OCH3 is 2.